The number of carboxylic acids is 1. The van der Waals surface area contributed by atoms with E-state index in [1.165, 1.54) is 0 Å². The summed E-state index contributed by atoms with van der Waals surface area (Å²) >= 11 is 0. The Morgan fingerprint density at radius 1 is 1.53 bits per heavy atom. The van der Waals surface area contributed by atoms with Crippen molar-refractivity contribution in [2.75, 3.05) is 19.7 Å². The molecule has 1 heterocycles. The molecule has 0 bridgehead atoms. The van der Waals surface area contributed by atoms with E-state index in [9.17, 15) is 9.59 Å². The lowest BCUT2D eigenvalue weighted by Gasteiger charge is -2.27. The molecular weight excluding hydrogens is 224 g/mol. The number of nitrogens with one attached hydrogen (secondary N) is 2. The summed E-state index contributed by atoms with van der Waals surface area (Å²) in [6, 6.07) is -1.21. The first-order valence-corrected chi connectivity index (χ1v) is 5.91. The number of rotatable bonds is 6. The average Bonchev–Trinajstić information content (AvgIpc) is 2.75. The van der Waals surface area contributed by atoms with E-state index >= 15 is 0 Å². The maximum absolute atomic E-state index is 12.1. The second kappa shape index (κ2) is 5.97. The zero-order valence-electron chi connectivity index (χ0n) is 10.0. The molecule has 0 aromatic carbocycles. The maximum Gasteiger partial charge on any atom is 0.328 e. The van der Waals surface area contributed by atoms with Gasteiger partial charge in [0, 0.05) is 6.54 Å². The predicted octanol–water partition coefficient (Wildman–Crippen LogP) is -0.672. The van der Waals surface area contributed by atoms with Gasteiger partial charge in [0.1, 0.15) is 6.04 Å². The summed E-state index contributed by atoms with van der Waals surface area (Å²) in [5.74, 6) is -1.48. The summed E-state index contributed by atoms with van der Waals surface area (Å²) in [7, 11) is 0. The van der Waals surface area contributed by atoms with Gasteiger partial charge < -0.3 is 20.8 Å². The molecule has 2 unspecified atom stereocenters. The molecule has 1 rings (SSSR count). The van der Waals surface area contributed by atoms with Gasteiger partial charge in [0.05, 0.1) is 12.0 Å². The van der Waals surface area contributed by atoms with Gasteiger partial charge in [0.15, 0.2) is 0 Å². The third-order valence-corrected chi connectivity index (χ3v) is 3.24. The monoisotopic (exact) mass is 244 g/mol. The molecule has 98 valence electrons. The number of carboxylic acid groups (broad SMARTS) is 1. The summed E-state index contributed by atoms with van der Waals surface area (Å²) < 4.78 is 0. The molecule has 1 aliphatic heterocycles. The van der Waals surface area contributed by atoms with Crippen LogP contribution in [0.2, 0.25) is 0 Å². The standard InChI is InChI=1S/C11H20N2O4/c1-2-3-11(4-5-12-7-11)10(17)13-8(6-14)9(15)16/h8,12,14H,2-7H2,1H3,(H,13,17)(H,15,16). The molecule has 0 aromatic rings. The van der Waals surface area contributed by atoms with Crippen LogP contribution in [-0.4, -0.2) is 47.8 Å². The zero-order valence-corrected chi connectivity index (χ0v) is 10.0. The Morgan fingerprint density at radius 2 is 2.24 bits per heavy atom. The Hall–Kier alpha value is -1.14. The van der Waals surface area contributed by atoms with Gasteiger partial charge >= 0.3 is 5.97 Å². The molecule has 0 radical (unpaired) electrons. The van der Waals surface area contributed by atoms with Crippen molar-refractivity contribution in [2.24, 2.45) is 5.41 Å². The molecule has 6 heteroatoms. The minimum absolute atomic E-state index is 0.272. The average molecular weight is 244 g/mol. The molecule has 6 nitrogen and oxygen atoms in total. The van der Waals surface area contributed by atoms with Crippen molar-refractivity contribution in [1.82, 2.24) is 10.6 Å². The largest absolute Gasteiger partial charge is 0.480 e. The lowest BCUT2D eigenvalue weighted by molar-refractivity contribution is -0.145. The molecular formula is C11H20N2O4. The molecule has 17 heavy (non-hydrogen) atoms. The summed E-state index contributed by atoms with van der Waals surface area (Å²) in [4.78, 5) is 22.9. The summed E-state index contributed by atoms with van der Waals surface area (Å²) in [6.07, 6.45) is 2.31. The number of carbonyl (C=O) groups excluding carboxylic acids is 1. The number of amides is 1. The van der Waals surface area contributed by atoms with E-state index in [1.807, 2.05) is 6.92 Å². The topological polar surface area (TPSA) is 98.7 Å². The molecule has 1 saturated heterocycles. The Morgan fingerprint density at radius 3 is 2.65 bits per heavy atom. The first-order chi connectivity index (χ1) is 8.05. The number of aliphatic hydroxyl groups is 1. The van der Waals surface area contributed by atoms with E-state index in [1.54, 1.807) is 0 Å². The SMILES string of the molecule is CCCC1(C(=O)NC(CO)C(=O)O)CCNC1. The fraction of sp³-hybridized carbons (Fsp3) is 0.818. The van der Waals surface area contributed by atoms with Crippen LogP contribution in [0.15, 0.2) is 0 Å². The van der Waals surface area contributed by atoms with Crippen LogP contribution in [-0.2, 0) is 9.59 Å². The lowest BCUT2D eigenvalue weighted by atomic mass is 9.81. The smallest absolute Gasteiger partial charge is 0.328 e. The second-order valence-corrected chi connectivity index (χ2v) is 4.50. The van der Waals surface area contributed by atoms with Gasteiger partial charge in [-0.3, -0.25) is 4.79 Å². The van der Waals surface area contributed by atoms with E-state index in [4.69, 9.17) is 10.2 Å². The van der Waals surface area contributed by atoms with Crippen molar-refractivity contribution in [3.63, 3.8) is 0 Å². The highest BCUT2D eigenvalue weighted by Crippen LogP contribution is 2.31. The van der Waals surface area contributed by atoms with Crippen molar-refractivity contribution < 1.29 is 19.8 Å². The summed E-state index contributed by atoms with van der Waals surface area (Å²) in [6.45, 7) is 2.75. The van der Waals surface area contributed by atoms with E-state index in [0.29, 0.717) is 13.0 Å². The number of aliphatic hydroxyl groups excluding tert-OH is 1. The van der Waals surface area contributed by atoms with Crippen molar-refractivity contribution in [3.05, 3.63) is 0 Å². The minimum atomic E-state index is -1.21. The number of hydrogen-bond acceptors (Lipinski definition) is 4. The van der Waals surface area contributed by atoms with E-state index in [2.05, 4.69) is 10.6 Å². The van der Waals surface area contributed by atoms with E-state index in [0.717, 1.165) is 19.4 Å². The third-order valence-electron chi connectivity index (χ3n) is 3.24. The first kappa shape index (κ1) is 13.9. The van der Waals surface area contributed by atoms with Crippen LogP contribution in [0.25, 0.3) is 0 Å². The Bertz CT molecular complexity index is 287. The summed E-state index contributed by atoms with van der Waals surface area (Å²) in [5, 5.41) is 23.2. The van der Waals surface area contributed by atoms with E-state index in [-0.39, 0.29) is 5.91 Å². The third kappa shape index (κ3) is 3.17. The van der Waals surface area contributed by atoms with Crippen LogP contribution in [0.3, 0.4) is 0 Å². The van der Waals surface area contributed by atoms with Crippen molar-refractivity contribution in [1.29, 1.82) is 0 Å². The van der Waals surface area contributed by atoms with Crippen LogP contribution >= 0.6 is 0 Å². The Labute approximate surface area is 100 Å². The van der Waals surface area contributed by atoms with Gasteiger partial charge in [0.25, 0.3) is 0 Å². The molecule has 2 atom stereocenters. The van der Waals surface area contributed by atoms with Gasteiger partial charge in [-0.15, -0.1) is 0 Å². The van der Waals surface area contributed by atoms with Crippen LogP contribution in [0.1, 0.15) is 26.2 Å². The predicted molar refractivity (Wildman–Crippen MR) is 61.5 cm³/mol. The normalized spacial score (nSPS) is 25.5. The highest BCUT2D eigenvalue weighted by atomic mass is 16.4. The number of aliphatic carboxylic acids is 1. The number of hydrogen-bond donors (Lipinski definition) is 4. The Balaban J connectivity index is 2.68. The van der Waals surface area contributed by atoms with Crippen LogP contribution in [0.5, 0.6) is 0 Å². The first-order valence-electron chi connectivity index (χ1n) is 5.91. The van der Waals surface area contributed by atoms with Gasteiger partial charge in [-0.05, 0) is 19.4 Å². The van der Waals surface area contributed by atoms with Crippen LogP contribution < -0.4 is 10.6 Å². The molecule has 0 aromatic heterocycles. The highest BCUT2D eigenvalue weighted by Gasteiger charge is 2.41. The fourth-order valence-corrected chi connectivity index (χ4v) is 2.24. The highest BCUT2D eigenvalue weighted by molar-refractivity contribution is 5.88. The van der Waals surface area contributed by atoms with Gasteiger partial charge in [-0.1, -0.05) is 13.3 Å². The van der Waals surface area contributed by atoms with Crippen LogP contribution in [0.4, 0.5) is 0 Å². The zero-order chi connectivity index (χ0) is 12.9. The molecule has 1 fully saturated rings. The van der Waals surface area contributed by atoms with Gasteiger partial charge in [-0.25, -0.2) is 4.79 Å². The van der Waals surface area contributed by atoms with Crippen molar-refractivity contribution in [2.45, 2.75) is 32.2 Å². The van der Waals surface area contributed by atoms with Crippen molar-refractivity contribution >= 4 is 11.9 Å². The van der Waals surface area contributed by atoms with E-state index < -0.39 is 24.0 Å². The fourth-order valence-electron chi connectivity index (χ4n) is 2.24. The molecule has 4 N–H and O–H groups in total. The van der Waals surface area contributed by atoms with Gasteiger partial charge in [-0.2, -0.15) is 0 Å². The molecule has 1 amide bonds. The van der Waals surface area contributed by atoms with Crippen LogP contribution in [0, 0.1) is 5.41 Å². The lowest BCUT2D eigenvalue weighted by Crippen LogP contribution is -2.50. The van der Waals surface area contributed by atoms with Crippen molar-refractivity contribution in [3.8, 4) is 0 Å². The number of carbonyl (C=O) groups is 2. The van der Waals surface area contributed by atoms with Gasteiger partial charge in [0.2, 0.25) is 5.91 Å². The summed E-state index contributed by atoms with van der Waals surface area (Å²) in [5.41, 5.74) is -0.516. The second-order valence-electron chi connectivity index (χ2n) is 4.50. The molecule has 1 aliphatic rings. The minimum Gasteiger partial charge on any atom is -0.480 e. The quantitative estimate of drug-likeness (QED) is 0.496. The Kier molecular flexibility index (Phi) is 4.89. The molecule has 0 saturated carbocycles. The molecule has 0 spiro atoms. The molecule has 0 aliphatic carbocycles. The maximum atomic E-state index is 12.1.